The zero-order valence-electron chi connectivity index (χ0n) is 20.4. The minimum absolute atomic E-state index is 0.0307. The molecule has 0 saturated heterocycles. The largest absolute Gasteiger partial charge is 0.416 e. The maximum absolute atomic E-state index is 13.1. The molecule has 2 amide bonds. The minimum Gasteiger partial charge on any atom is -0.321 e. The van der Waals surface area contributed by atoms with Crippen molar-refractivity contribution in [2.45, 2.75) is 43.7 Å². The van der Waals surface area contributed by atoms with Crippen LogP contribution in [0, 0.1) is 11.8 Å². The molecule has 198 valence electrons. The number of hydrogen-bond acceptors (Lipinski definition) is 4. The predicted octanol–water partition coefficient (Wildman–Crippen LogP) is 5.74. The van der Waals surface area contributed by atoms with Crippen LogP contribution < -0.4 is 10.0 Å². The van der Waals surface area contributed by atoms with Crippen LogP contribution in [0.2, 0.25) is 0 Å². The molecule has 0 aliphatic carbocycles. The molecule has 6 nitrogen and oxygen atoms in total. The molecule has 0 spiro atoms. The summed E-state index contributed by atoms with van der Waals surface area (Å²) in [7, 11) is -4.25. The Balaban J connectivity index is 1.82. The molecule has 0 aliphatic rings. The molecule has 0 radical (unpaired) electrons. The molecule has 0 aliphatic heterocycles. The van der Waals surface area contributed by atoms with E-state index >= 15 is 0 Å². The van der Waals surface area contributed by atoms with Gasteiger partial charge < -0.3 is 5.32 Å². The first kappa shape index (κ1) is 28.5. The molecule has 0 fully saturated rings. The van der Waals surface area contributed by atoms with Gasteiger partial charge in [-0.3, -0.25) is 9.59 Å². The molecule has 3 rings (SSSR count). The Morgan fingerprint density at radius 2 is 1.53 bits per heavy atom. The number of rotatable bonds is 8. The van der Waals surface area contributed by atoms with Gasteiger partial charge in [-0.2, -0.15) is 13.2 Å². The topological polar surface area (TPSA) is 92.3 Å². The van der Waals surface area contributed by atoms with Gasteiger partial charge >= 0.3 is 6.18 Å². The van der Waals surface area contributed by atoms with E-state index in [0.717, 1.165) is 25.0 Å². The lowest BCUT2D eigenvalue weighted by Gasteiger charge is -2.13. The molecule has 0 aromatic heterocycles. The highest BCUT2D eigenvalue weighted by Crippen LogP contribution is 2.29. The standard InChI is InChI=1S/C28H25F3N2O4S/c1-2-3-4-13-26(34)33-38(36,37)25-12-8-7-11-24(25)32-27(35)23-10-6-5-9-21(23)17-14-20-15-18-22(19-16-20)28(29,30)31/h5-12,15-16,18-19H,2-4,13H2,1H3,(H,32,35)(H,33,34). The number of alkyl halides is 3. The van der Waals surface area contributed by atoms with Crippen LogP contribution in [0.3, 0.4) is 0 Å². The summed E-state index contributed by atoms with van der Waals surface area (Å²) < 4.78 is 66.1. The molecular weight excluding hydrogens is 517 g/mol. The normalized spacial score (nSPS) is 11.3. The lowest BCUT2D eigenvalue weighted by Crippen LogP contribution is -2.31. The number of unbranched alkanes of at least 4 members (excludes halogenated alkanes) is 2. The van der Waals surface area contributed by atoms with E-state index in [4.69, 9.17) is 0 Å². The highest BCUT2D eigenvalue weighted by molar-refractivity contribution is 7.90. The Kier molecular flexibility index (Phi) is 9.31. The first-order chi connectivity index (χ1) is 18.0. The van der Waals surface area contributed by atoms with Gasteiger partial charge in [0.2, 0.25) is 5.91 Å². The molecule has 3 aromatic rings. The van der Waals surface area contributed by atoms with Gasteiger partial charge in [0.25, 0.3) is 15.9 Å². The second-order valence-electron chi connectivity index (χ2n) is 8.31. The fourth-order valence-electron chi connectivity index (χ4n) is 3.46. The second-order valence-corrected chi connectivity index (χ2v) is 9.96. The number of anilines is 1. The average molecular weight is 543 g/mol. The molecule has 0 unspecified atom stereocenters. The first-order valence-corrected chi connectivity index (χ1v) is 13.2. The number of carbonyl (C=O) groups is 2. The van der Waals surface area contributed by atoms with Crippen molar-refractivity contribution < 1.29 is 31.2 Å². The monoisotopic (exact) mass is 542 g/mol. The van der Waals surface area contributed by atoms with E-state index in [1.807, 2.05) is 11.6 Å². The SMILES string of the molecule is CCCCCC(=O)NS(=O)(=O)c1ccccc1NC(=O)c1ccccc1C#Cc1ccc(C(F)(F)F)cc1. The Bertz CT molecular complexity index is 1470. The van der Waals surface area contributed by atoms with Crippen molar-refractivity contribution in [3.05, 3.63) is 95.1 Å². The third kappa shape index (κ3) is 7.70. The van der Waals surface area contributed by atoms with Crippen LogP contribution >= 0.6 is 0 Å². The van der Waals surface area contributed by atoms with Gasteiger partial charge in [-0.05, 0) is 55.0 Å². The third-order valence-corrected chi connectivity index (χ3v) is 6.84. The molecule has 0 heterocycles. The zero-order valence-corrected chi connectivity index (χ0v) is 21.2. The number of carbonyl (C=O) groups excluding carboxylic acids is 2. The number of benzene rings is 3. The van der Waals surface area contributed by atoms with E-state index in [9.17, 15) is 31.2 Å². The molecule has 3 aromatic carbocycles. The van der Waals surface area contributed by atoms with Crippen molar-refractivity contribution >= 4 is 27.5 Å². The van der Waals surface area contributed by atoms with Gasteiger partial charge in [0.1, 0.15) is 4.90 Å². The van der Waals surface area contributed by atoms with Gasteiger partial charge in [0.05, 0.1) is 16.8 Å². The lowest BCUT2D eigenvalue weighted by molar-refractivity contribution is -0.137. The molecule has 2 N–H and O–H groups in total. The van der Waals surface area contributed by atoms with Crippen LogP contribution in [0.1, 0.15) is 59.7 Å². The number of amides is 2. The Morgan fingerprint density at radius 3 is 2.21 bits per heavy atom. The van der Waals surface area contributed by atoms with Gasteiger partial charge in [-0.15, -0.1) is 0 Å². The summed E-state index contributed by atoms with van der Waals surface area (Å²) >= 11 is 0. The number of para-hydroxylation sites is 1. The van der Waals surface area contributed by atoms with Gasteiger partial charge in [0.15, 0.2) is 0 Å². The summed E-state index contributed by atoms with van der Waals surface area (Å²) in [4.78, 5) is 24.9. The van der Waals surface area contributed by atoms with Crippen LogP contribution in [0.5, 0.6) is 0 Å². The van der Waals surface area contributed by atoms with Crippen LogP contribution in [-0.2, 0) is 21.0 Å². The Morgan fingerprint density at radius 1 is 0.868 bits per heavy atom. The van der Waals surface area contributed by atoms with E-state index in [-0.39, 0.29) is 28.1 Å². The summed E-state index contributed by atoms with van der Waals surface area (Å²) in [6.45, 7) is 1.96. The van der Waals surface area contributed by atoms with Crippen molar-refractivity contribution in [3.63, 3.8) is 0 Å². The summed E-state index contributed by atoms with van der Waals surface area (Å²) in [5, 5.41) is 2.56. The van der Waals surface area contributed by atoms with Crippen LogP contribution in [0.15, 0.2) is 77.7 Å². The molecular formula is C28H25F3N2O4S. The zero-order chi connectivity index (χ0) is 27.8. The van der Waals surface area contributed by atoms with E-state index in [1.165, 1.54) is 42.5 Å². The summed E-state index contributed by atoms with van der Waals surface area (Å²) in [6, 6.07) is 16.3. The fourth-order valence-corrected chi connectivity index (χ4v) is 4.64. The molecule has 10 heteroatoms. The average Bonchev–Trinajstić information content (AvgIpc) is 2.87. The van der Waals surface area contributed by atoms with Crippen molar-refractivity contribution in [3.8, 4) is 11.8 Å². The maximum Gasteiger partial charge on any atom is 0.416 e. The molecule has 38 heavy (non-hydrogen) atoms. The number of sulfonamides is 1. The van der Waals surface area contributed by atoms with Gasteiger partial charge in [-0.25, -0.2) is 13.1 Å². The highest BCUT2D eigenvalue weighted by Gasteiger charge is 2.29. The number of hydrogen-bond donors (Lipinski definition) is 2. The van der Waals surface area contributed by atoms with Crippen LogP contribution in [0.4, 0.5) is 18.9 Å². The molecule has 0 saturated carbocycles. The fraction of sp³-hybridized carbons (Fsp3) is 0.214. The van der Waals surface area contributed by atoms with Crippen molar-refractivity contribution in [2.75, 3.05) is 5.32 Å². The van der Waals surface area contributed by atoms with Crippen molar-refractivity contribution in [1.29, 1.82) is 0 Å². The molecule has 0 bridgehead atoms. The summed E-state index contributed by atoms with van der Waals surface area (Å²) in [6.07, 6.45) is -2.17. The van der Waals surface area contributed by atoms with Crippen LogP contribution in [-0.4, -0.2) is 20.2 Å². The minimum atomic E-state index is -4.46. The predicted molar refractivity (Wildman–Crippen MR) is 138 cm³/mol. The Labute approximate surface area is 219 Å². The quantitative estimate of drug-likeness (QED) is 0.280. The smallest absolute Gasteiger partial charge is 0.321 e. The van der Waals surface area contributed by atoms with E-state index < -0.39 is 33.6 Å². The van der Waals surface area contributed by atoms with Crippen molar-refractivity contribution in [1.82, 2.24) is 4.72 Å². The highest BCUT2D eigenvalue weighted by atomic mass is 32.2. The van der Waals surface area contributed by atoms with Crippen molar-refractivity contribution in [2.24, 2.45) is 0 Å². The van der Waals surface area contributed by atoms with E-state index in [2.05, 4.69) is 17.2 Å². The third-order valence-electron chi connectivity index (χ3n) is 5.41. The van der Waals surface area contributed by atoms with Gasteiger partial charge in [-0.1, -0.05) is 55.9 Å². The number of halogens is 3. The summed E-state index contributed by atoms with van der Waals surface area (Å²) in [5.74, 6) is 4.23. The van der Waals surface area contributed by atoms with Gasteiger partial charge in [0, 0.05) is 17.5 Å². The van der Waals surface area contributed by atoms with Crippen LogP contribution in [0.25, 0.3) is 0 Å². The second kappa shape index (κ2) is 12.4. The first-order valence-electron chi connectivity index (χ1n) is 11.8. The maximum atomic E-state index is 13.1. The van der Waals surface area contributed by atoms with E-state index in [1.54, 1.807) is 18.2 Å². The number of nitrogens with one attached hydrogen (secondary N) is 2. The summed E-state index contributed by atoms with van der Waals surface area (Å²) in [5.41, 5.74) is -0.0954. The van der Waals surface area contributed by atoms with E-state index in [0.29, 0.717) is 12.0 Å². The molecule has 0 atom stereocenters. The Hall–Kier alpha value is -4.10. The lowest BCUT2D eigenvalue weighted by atomic mass is 10.1.